The van der Waals surface area contributed by atoms with Gasteiger partial charge in [-0.2, -0.15) is 0 Å². The maximum Gasteiger partial charge on any atom is 0.338 e. The van der Waals surface area contributed by atoms with Crippen LogP contribution in [-0.4, -0.2) is 21.0 Å². The third kappa shape index (κ3) is 3.87. The largest absolute Gasteiger partial charge is 0.462 e. The molecule has 1 aliphatic rings. The topological polar surface area (TPSA) is 60.4 Å². The molecule has 1 fully saturated rings. The molecule has 0 aliphatic heterocycles. The van der Waals surface area contributed by atoms with Crippen LogP contribution in [0, 0.1) is 12.8 Å². The van der Waals surface area contributed by atoms with Gasteiger partial charge in [-0.05, 0) is 37.0 Å². The van der Waals surface area contributed by atoms with Crippen molar-refractivity contribution < 1.29 is 17.9 Å². The Balaban J connectivity index is 2.20. The average Bonchev–Trinajstić information content (AvgIpc) is 3.15. The Morgan fingerprint density at radius 2 is 2.05 bits per heavy atom. The number of benzene rings is 1. The van der Waals surface area contributed by atoms with Gasteiger partial charge in [0.2, 0.25) is 0 Å². The number of hydrogen-bond donors (Lipinski definition) is 0. The molecule has 1 aliphatic carbocycles. The fourth-order valence-corrected chi connectivity index (χ4v) is 2.88. The van der Waals surface area contributed by atoms with Gasteiger partial charge < -0.3 is 4.74 Å². The van der Waals surface area contributed by atoms with E-state index in [4.69, 9.17) is 27.0 Å². The molecular formula is C13H14Cl2O4S. The zero-order valence-corrected chi connectivity index (χ0v) is 13.2. The first-order valence-corrected chi connectivity index (χ1v) is 8.89. The van der Waals surface area contributed by atoms with E-state index in [0.717, 1.165) is 6.42 Å². The average molecular weight is 337 g/mol. The zero-order valence-electron chi connectivity index (χ0n) is 10.9. The Morgan fingerprint density at radius 1 is 1.40 bits per heavy atom. The van der Waals surface area contributed by atoms with Gasteiger partial charge in [0.1, 0.15) is 0 Å². The third-order valence-corrected chi connectivity index (χ3v) is 5.00. The van der Waals surface area contributed by atoms with Crippen molar-refractivity contribution in [3.8, 4) is 0 Å². The van der Waals surface area contributed by atoms with Crippen LogP contribution in [0.3, 0.4) is 0 Å². The van der Waals surface area contributed by atoms with Crippen LogP contribution in [0.25, 0.3) is 0 Å². The first-order valence-electron chi connectivity index (χ1n) is 6.21. The van der Waals surface area contributed by atoms with E-state index in [9.17, 15) is 13.2 Å². The molecule has 0 heterocycles. The molecule has 0 atom stereocenters. The fraction of sp³-hybridized carbons (Fsp3) is 0.462. The minimum Gasteiger partial charge on any atom is -0.462 e. The molecule has 0 saturated heterocycles. The maximum absolute atomic E-state index is 12.0. The van der Waals surface area contributed by atoms with Crippen LogP contribution in [-0.2, 0) is 13.8 Å². The minimum absolute atomic E-state index is 0.132. The first kappa shape index (κ1) is 15.6. The fourth-order valence-electron chi connectivity index (χ4n) is 1.81. The molecule has 1 aromatic carbocycles. The standard InChI is InChI=1S/C13H14Cl2O4S/c1-8-11(13(16)19-5-4-9-2-3-9)6-10(7-12(8)14)20(15,17)18/h6-7,9H,2-5H2,1H3. The third-order valence-electron chi connectivity index (χ3n) is 3.28. The molecule has 4 nitrogen and oxygen atoms in total. The Morgan fingerprint density at radius 3 is 2.60 bits per heavy atom. The predicted molar refractivity (Wildman–Crippen MR) is 76.9 cm³/mol. The molecule has 0 spiro atoms. The Kier molecular flexibility index (Phi) is 4.62. The summed E-state index contributed by atoms with van der Waals surface area (Å²) in [5.41, 5.74) is 0.611. The van der Waals surface area contributed by atoms with E-state index in [1.165, 1.54) is 25.0 Å². The quantitative estimate of drug-likeness (QED) is 0.609. The lowest BCUT2D eigenvalue weighted by molar-refractivity contribution is 0.0494. The SMILES string of the molecule is Cc1c(Cl)cc(S(=O)(=O)Cl)cc1C(=O)OCCC1CC1. The molecule has 0 unspecified atom stereocenters. The van der Waals surface area contributed by atoms with Crippen molar-refractivity contribution in [1.29, 1.82) is 0 Å². The van der Waals surface area contributed by atoms with E-state index < -0.39 is 15.0 Å². The van der Waals surface area contributed by atoms with Gasteiger partial charge in [0.05, 0.1) is 17.1 Å². The molecule has 0 radical (unpaired) electrons. The van der Waals surface area contributed by atoms with E-state index in [2.05, 4.69) is 0 Å². The van der Waals surface area contributed by atoms with Crippen LogP contribution in [0.1, 0.15) is 35.2 Å². The minimum atomic E-state index is -3.94. The van der Waals surface area contributed by atoms with E-state index in [-0.39, 0.29) is 15.5 Å². The van der Waals surface area contributed by atoms with Gasteiger partial charge in [0, 0.05) is 15.7 Å². The second-order valence-corrected chi connectivity index (χ2v) is 7.86. The summed E-state index contributed by atoms with van der Waals surface area (Å²) in [6.45, 7) is 1.96. The van der Waals surface area contributed by atoms with Crippen molar-refractivity contribution >= 4 is 37.3 Å². The van der Waals surface area contributed by atoms with E-state index in [0.29, 0.717) is 18.1 Å². The molecule has 2 rings (SSSR count). The predicted octanol–water partition coefficient (Wildman–Crippen LogP) is 3.53. The van der Waals surface area contributed by atoms with Gasteiger partial charge in [-0.15, -0.1) is 0 Å². The molecule has 0 bridgehead atoms. The second kappa shape index (κ2) is 5.92. The summed E-state index contributed by atoms with van der Waals surface area (Å²) in [7, 11) is 1.33. The normalized spacial score (nSPS) is 15.2. The summed E-state index contributed by atoms with van der Waals surface area (Å²) in [6.07, 6.45) is 3.21. The van der Waals surface area contributed by atoms with Gasteiger partial charge in [0.25, 0.3) is 9.05 Å². The van der Waals surface area contributed by atoms with Crippen molar-refractivity contribution in [2.45, 2.75) is 31.1 Å². The Hall–Kier alpha value is -0.780. The Bertz CT molecular complexity index is 636. The highest BCUT2D eigenvalue weighted by Gasteiger charge is 2.23. The number of carbonyl (C=O) groups is 1. The van der Waals surface area contributed by atoms with Gasteiger partial charge in [0.15, 0.2) is 0 Å². The summed E-state index contributed by atoms with van der Waals surface area (Å²) in [5.74, 6) is 0.0780. The van der Waals surface area contributed by atoms with Crippen molar-refractivity contribution in [2.24, 2.45) is 5.92 Å². The van der Waals surface area contributed by atoms with Crippen molar-refractivity contribution in [2.75, 3.05) is 6.61 Å². The lowest BCUT2D eigenvalue weighted by atomic mass is 10.1. The summed E-state index contributed by atoms with van der Waals surface area (Å²) >= 11 is 5.93. The molecule has 7 heteroatoms. The summed E-state index contributed by atoms with van der Waals surface area (Å²) in [6, 6.07) is 2.42. The highest BCUT2D eigenvalue weighted by Crippen LogP contribution is 2.32. The second-order valence-electron chi connectivity index (χ2n) is 4.88. The molecule has 1 saturated carbocycles. The molecule has 20 heavy (non-hydrogen) atoms. The van der Waals surface area contributed by atoms with E-state index in [1.807, 2.05) is 0 Å². The molecule has 1 aromatic rings. The van der Waals surface area contributed by atoms with Crippen LogP contribution in [0.15, 0.2) is 17.0 Å². The monoisotopic (exact) mass is 336 g/mol. The summed E-state index contributed by atoms with van der Waals surface area (Å²) < 4.78 is 27.8. The van der Waals surface area contributed by atoms with Crippen LogP contribution >= 0.6 is 22.3 Å². The molecular weight excluding hydrogens is 323 g/mol. The molecule has 110 valence electrons. The zero-order chi connectivity index (χ0) is 14.9. The van der Waals surface area contributed by atoms with E-state index >= 15 is 0 Å². The summed E-state index contributed by atoms with van der Waals surface area (Å²) in [4.78, 5) is 11.8. The van der Waals surface area contributed by atoms with Gasteiger partial charge in [-0.25, -0.2) is 13.2 Å². The summed E-state index contributed by atoms with van der Waals surface area (Å²) in [5, 5.41) is 0.167. The molecule has 0 N–H and O–H groups in total. The number of rotatable bonds is 5. The number of halogens is 2. The van der Waals surface area contributed by atoms with Crippen molar-refractivity contribution in [1.82, 2.24) is 0 Å². The Labute approximate surface area is 127 Å². The van der Waals surface area contributed by atoms with Gasteiger partial charge >= 0.3 is 5.97 Å². The molecule has 0 amide bonds. The molecule has 0 aromatic heterocycles. The van der Waals surface area contributed by atoms with E-state index in [1.54, 1.807) is 6.92 Å². The van der Waals surface area contributed by atoms with Gasteiger partial charge in [-0.3, -0.25) is 0 Å². The number of carbonyl (C=O) groups excluding carboxylic acids is 1. The highest BCUT2D eigenvalue weighted by molar-refractivity contribution is 8.13. The van der Waals surface area contributed by atoms with Crippen molar-refractivity contribution in [3.05, 3.63) is 28.3 Å². The van der Waals surface area contributed by atoms with Crippen LogP contribution in [0.2, 0.25) is 5.02 Å². The van der Waals surface area contributed by atoms with Crippen LogP contribution in [0.4, 0.5) is 0 Å². The number of esters is 1. The number of hydrogen-bond acceptors (Lipinski definition) is 4. The lowest BCUT2D eigenvalue weighted by Gasteiger charge is -2.09. The smallest absolute Gasteiger partial charge is 0.338 e. The van der Waals surface area contributed by atoms with Crippen LogP contribution in [0.5, 0.6) is 0 Å². The van der Waals surface area contributed by atoms with Crippen LogP contribution < -0.4 is 0 Å². The first-order chi connectivity index (χ1) is 9.29. The maximum atomic E-state index is 12.0. The lowest BCUT2D eigenvalue weighted by Crippen LogP contribution is -2.10. The van der Waals surface area contributed by atoms with Gasteiger partial charge in [-0.1, -0.05) is 24.4 Å². The number of ether oxygens (including phenoxy) is 1. The van der Waals surface area contributed by atoms with Crippen molar-refractivity contribution in [3.63, 3.8) is 0 Å². The highest BCUT2D eigenvalue weighted by atomic mass is 35.7.